The largest absolute Gasteiger partial charge is 0.324 e. The van der Waals surface area contributed by atoms with Crippen molar-refractivity contribution in [2.24, 2.45) is 0 Å². The number of hydrogen-bond donors (Lipinski definition) is 1. The van der Waals surface area contributed by atoms with Crippen LogP contribution in [0.5, 0.6) is 0 Å². The molecule has 0 atom stereocenters. The van der Waals surface area contributed by atoms with Gasteiger partial charge in [0, 0.05) is 22.0 Å². The average Bonchev–Trinajstić information content (AvgIpc) is 2.86. The number of carbonyl (C=O) groups excluding carboxylic acids is 1. The molecule has 0 bridgehead atoms. The van der Waals surface area contributed by atoms with Crippen molar-refractivity contribution < 1.29 is 4.79 Å². The molecule has 28 heavy (non-hydrogen) atoms. The van der Waals surface area contributed by atoms with Crippen LogP contribution in [0.15, 0.2) is 24.3 Å². The summed E-state index contributed by atoms with van der Waals surface area (Å²) in [6.45, 7) is 9.62. The lowest BCUT2D eigenvalue weighted by Crippen LogP contribution is -2.17. The van der Waals surface area contributed by atoms with E-state index in [1.54, 1.807) is 16.8 Å². The van der Waals surface area contributed by atoms with Gasteiger partial charge in [-0.3, -0.25) is 9.78 Å². The molecular formula is C21H22Cl2N4O. The van der Waals surface area contributed by atoms with Gasteiger partial charge in [0.1, 0.15) is 0 Å². The van der Waals surface area contributed by atoms with Gasteiger partial charge in [0.2, 0.25) is 5.91 Å². The van der Waals surface area contributed by atoms with Gasteiger partial charge < -0.3 is 5.32 Å². The average molecular weight is 417 g/mol. The molecule has 1 N–H and O–H groups in total. The Morgan fingerprint density at radius 1 is 1.07 bits per heavy atom. The number of benzene rings is 1. The van der Waals surface area contributed by atoms with Crippen LogP contribution in [-0.4, -0.2) is 20.7 Å². The highest BCUT2D eigenvalue weighted by atomic mass is 35.5. The molecule has 0 aliphatic rings. The zero-order valence-electron chi connectivity index (χ0n) is 16.5. The zero-order chi connectivity index (χ0) is 20.6. The van der Waals surface area contributed by atoms with Gasteiger partial charge in [-0.2, -0.15) is 5.10 Å². The van der Waals surface area contributed by atoms with Gasteiger partial charge in [0.05, 0.1) is 34.2 Å². The molecule has 7 heteroatoms. The summed E-state index contributed by atoms with van der Waals surface area (Å²) >= 11 is 12.3. The molecule has 0 aliphatic carbocycles. The SMILES string of the molecule is Cc1cc(C)c(NC(=O)Cc2c(C)nn(-c3ccc(Cl)cc3Cl)c2C)c(C)n1. The van der Waals surface area contributed by atoms with E-state index in [0.29, 0.717) is 10.0 Å². The van der Waals surface area contributed by atoms with Crippen molar-refractivity contribution in [2.45, 2.75) is 41.0 Å². The summed E-state index contributed by atoms with van der Waals surface area (Å²) in [6.07, 6.45) is 0.218. The smallest absolute Gasteiger partial charge is 0.228 e. The van der Waals surface area contributed by atoms with Crippen LogP contribution in [-0.2, 0) is 11.2 Å². The van der Waals surface area contributed by atoms with Gasteiger partial charge in [-0.25, -0.2) is 4.68 Å². The topological polar surface area (TPSA) is 59.8 Å². The maximum atomic E-state index is 12.7. The fourth-order valence-corrected chi connectivity index (χ4v) is 3.86. The molecule has 0 radical (unpaired) electrons. The summed E-state index contributed by atoms with van der Waals surface area (Å²) < 4.78 is 1.75. The van der Waals surface area contributed by atoms with E-state index in [0.717, 1.165) is 45.3 Å². The Balaban J connectivity index is 1.87. The van der Waals surface area contributed by atoms with Crippen molar-refractivity contribution in [3.05, 3.63) is 68.2 Å². The number of hydrogen-bond acceptors (Lipinski definition) is 3. The quantitative estimate of drug-likeness (QED) is 0.627. The number of amides is 1. The van der Waals surface area contributed by atoms with Crippen LogP contribution in [0.25, 0.3) is 5.69 Å². The van der Waals surface area contributed by atoms with E-state index >= 15 is 0 Å². The summed E-state index contributed by atoms with van der Waals surface area (Å²) in [6, 6.07) is 7.22. The van der Waals surface area contributed by atoms with Gasteiger partial charge in [0.15, 0.2) is 0 Å². The Morgan fingerprint density at radius 2 is 1.79 bits per heavy atom. The summed E-state index contributed by atoms with van der Waals surface area (Å²) in [5, 5.41) is 8.64. The first kappa shape index (κ1) is 20.4. The van der Waals surface area contributed by atoms with E-state index < -0.39 is 0 Å². The van der Waals surface area contributed by atoms with E-state index in [9.17, 15) is 4.79 Å². The van der Waals surface area contributed by atoms with Crippen LogP contribution in [0.2, 0.25) is 10.0 Å². The molecule has 1 amide bonds. The molecule has 5 nitrogen and oxygen atoms in total. The summed E-state index contributed by atoms with van der Waals surface area (Å²) in [4.78, 5) is 17.1. The number of aryl methyl sites for hydroxylation is 4. The summed E-state index contributed by atoms with van der Waals surface area (Å²) in [5.41, 5.74) is 6.76. The molecule has 3 rings (SSSR count). The molecule has 146 valence electrons. The van der Waals surface area contributed by atoms with Crippen molar-refractivity contribution in [3.8, 4) is 5.69 Å². The second kappa shape index (κ2) is 7.94. The number of anilines is 1. The Labute approximate surface area is 174 Å². The van der Waals surface area contributed by atoms with Gasteiger partial charge in [-0.05, 0) is 64.4 Å². The van der Waals surface area contributed by atoms with Gasteiger partial charge in [-0.15, -0.1) is 0 Å². The van der Waals surface area contributed by atoms with E-state index in [1.807, 2.05) is 46.8 Å². The lowest BCUT2D eigenvalue weighted by Gasteiger charge is -2.12. The number of rotatable bonds is 4. The number of aromatic nitrogens is 3. The normalized spacial score (nSPS) is 11.0. The first-order chi connectivity index (χ1) is 13.2. The minimum Gasteiger partial charge on any atom is -0.324 e. The van der Waals surface area contributed by atoms with E-state index in [1.165, 1.54) is 0 Å². The maximum absolute atomic E-state index is 12.7. The first-order valence-electron chi connectivity index (χ1n) is 8.92. The fourth-order valence-electron chi connectivity index (χ4n) is 3.38. The predicted molar refractivity (Wildman–Crippen MR) is 114 cm³/mol. The van der Waals surface area contributed by atoms with Crippen LogP contribution < -0.4 is 5.32 Å². The van der Waals surface area contributed by atoms with Crippen molar-refractivity contribution in [2.75, 3.05) is 5.32 Å². The first-order valence-corrected chi connectivity index (χ1v) is 9.68. The standard InChI is InChI=1S/C21H22Cl2N4O/c1-11-8-12(2)24-14(4)21(11)25-20(28)10-17-13(3)26-27(15(17)5)19-7-6-16(22)9-18(19)23/h6-9H,10H2,1-5H3,(H,25,28). The van der Waals surface area contributed by atoms with Crippen LogP contribution in [0.3, 0.4) is 0 Å². The lowest BCUT2D eigenvalue weighted by atomic mass is 10.1. The third kappa shape index (κ3) is 4.05. The summed E-state index contributed by atoms with van der Waals surface area (Å²) in [5.74, 6) is -0.107. The maximum Gasteiger partial charge on any atom is 0.228 e. The van der Waals surface area contributed by atoms with Crippen molar-refractivity contribution in [1.82, 2.24) is 14.8 Å². The molecular weight excluding hydrogens is 395 g/mol. The van der Waals surface area contributed by atoms with Crippen molar-refractivity contribution in [3.63, 3.8) is 0 Å². The number of pyridine rings is 1. The van der Waals surface area contributed by atoms with Crippen molar-refractivity contribution >= 4 is 34.8 Å². The molecule has 0 spiro atoms. The molecule has 0 saturated carbocycles. The number of nitrogens with one attached hydrogen (secondary N) is 1. The minimum atomic E-state index is -0.107. The number of halogens is 2. The Kier molecular flexibility index (Phi) is 5.77. The molecule has 2 aromatic heterocycles. The molecule has 1 aromatic carbocycles. The highest BCUT2D eigenvalue weighted by Gasteiger charge is 2.18. The number of nitrogens with zero attached hydrogens (tertiary/aromatic N) is 3. The van der Waals surface area contributed by atoms with Gasteiger partial charge in [0.25, 0.3) is 0 Å². The fraction of sp³-hybridized carbons (Fsp3) is 0.286. The molecule has 0 fully saturated rings. The second-order valence-electron chi connectivity index (χ2n) is 6.92. The van der Waals surface area contributed by atoms with Crippen molar-refractivity contribution in [1.29, 1.82) is 0 Å². The highest BCUT2D eigenvalue weighted by molar-refractivity contribution is 6.35. The van der Waals surface area contributed by atoms with E-state index in [-0.39, 0.29) is 12.3 Å². The predicted octanol–water partition coefficient (Wildman–Crippen LogP) is 5.30. The summed E-state index contributed by atoms with van der Waals surface area (Å²) in [7, 11) is 0. The van der Waals surface area contributed by atoms with E-state index in [2.05, 4.69) is 15.4 Å². The van der Waals surface area contributed by atoms with E-state index in [4.69, 9.17) is 23.2 Å². The van der Waals surface area contributed by atoms with Crippen LogP contribution in [0.1, 0.15) is 33.9 Å². The third-order valence-corrected chi connectivity index (χ3v) is 5.24. The van der Waals surface area contributed by atoms with Crippen LogP contribution in [0, 0.1) is 34.6 Å². The Morgan fingerprint density at radius 3 is 2.43 bits per heavy atom. The molecule has 3 aromatic rings. The molecule has 0 aliphatic heterocycles. The van der Waals surface area contributed by atoms with Crippen LogP contribution in [0.4, 0.5) is 5.69 Å². The van der Waals surface area contributed by atoms with Gasteiger partial charge >= 0.3 is 0 Å². The third-order valence-electron chi connectivity index (χ3n) is 4.71. The molecule has 2 heterocycles. The molecule has 0 unspecified atom stereocenters. The Bertz CT molecular complexity index is 1050. The number of carbonyl (C=O) groups is 1. The lowest BCUT2D eigenvalue weighted by molar-refractivity contribution is -0.115. The van der Waals surface area contributed by atoms with Crippen LogP contribution >= 0.6 is 23.2 Å². The Hall–Kier alpha value is -2.37. The molecule has 0 saturated heterocycles. The highest BCUT2D eigenvalue weighted by Crippen LogP contribution is 2.27. The van der Waals surface area contributed by atoms with Gasteiger partial charge in [-0.1, -0.05) is 23.2 Å². The second-order valence-corrected chi connectivity index (χ2v) is 7.77. The minimum absolute atomic E-state index is 0.107. The zero-order valence-corrected chi connectivity index (χ0v) is 18.0. The monoisotopic (exact) mass is 416 g/mol.